The van der Waals surface area contributed by atoms with Crippen LogP contribution in [0.1, 0.15) is 23.1 Å². The Kier molecular flexibility index (Phi) is 4.15. The first kappa shape index (κ1) is 14.3. The molecule has 0 unspecified atom stereocenters. The molecule has 3 aromatic rings. The zero-order chi connectivity index (χ0) is 15.3. The van der Waals surface area contributed by atoms with Gasteiger partial charge in [-0.15, -0.1) is 0 Å². The summed E-state index contributed by atoms with van der Waals surface area (Å²) in [6.07, 6.45) is 2.16. The molecule has 0 spiro atoms. The first-order valence-electron chi connectivity index (χ1n) is 7.53. The Hall–Kier alpha value is -2.67. The minimum atomic E-state index is -0.314. The highest BCUT2D eigenvalue weighted by atomic mass is 14.4. The molecule has 0 aliphatic heterocycles. The Labute approximate surface area is 131 Å². The highest BCUT2D eigenvalue weighted by Gasteiger charge is 2.35. The van der Waals surface area contributed by atoms with Crippen LogP contribution in [0.2, 0.25) is 0 Å². The fraction of sp³-hybridized carbons (Fsp3) is 0.0952. The topological polar surface area (TPSA) is 23.9 Å². The molecule has 1 heteroatoms. The van der Waals surface area contributed by atoms with Crippen molar-refractivity contribution in [1.29, 1.82) is 5.41 Å². The van der Waals surface area contributed by atoms with Crippen LogP contribution < -0.4 is 0 Å². The summed E-state index contributed by atoms with van der Waals surface area (Å²) < 4.78 is 0. The molecule has 3 aromatic carbocycles. The van der Waals surface area contributed by atoms with E-state index < -0.39 is 0 Å². The van der Waals surface area contributed by atoms with Gasteiger partial charge in [0.05, 0.1) is 0 Å². The largest absolute Gasteiger partial charge is 0.313 e. The fourth-order valence-corrected chi connectivity index (χ4v) is 3.17. The van der Waals surface area contributed by atoms with Crippen LogP contribution in [0, 0.1) is 5.41 Å². The summed E-state index contributed by atoms with van der Waals surface area (Å²) >= 11 is 0. The van der Waals surface area contributed by atoms with Crippen molar-refractivity contribution in [1.82, 2.24) is 0 Å². The van der Waals surface area contributed by atoms with Gasteiger partial charge < -0.3 is 5.41 Å². The predicted molar refractivity (Wildman–Crippen MR) is 92.6 cm³/mol. The standard InChI is InChI=1S/C21H19N/c22-17-16-21(18-10-4-1-5-11-18,19-12-6-2-7-13-19)20-14-8-3-9-15-20/h1-15,17,22H,16H2. The molecule has 0 aliphatic rings. The SMILES string of the molecule is N=CCC(c1ccccc1)(c1ccccc1)c1ccccc1. The third-order valence-electron chi connectivity index (χ3n) is 4.21. The summed E-state index contributed by atoms with van der Waals surface area (Å²) in [6.45, 7) is 0. The van der Waals surface area contributed by atoms with Gasteiger partial charge in [-0.3, -0.25) is 0 Å². The summed E-state index contributed by atoms with van der Waals surface area (Å²) in [6, 6.07) is 31.5. The van der Waals surface area contributed by atoms with E-state index in [1.807, 2.05) is 18.2 Å². The summed E-state index contributed by atoms with van der Waals surface area (Å²) in [4.78, 5) is 0. The first-order chi connectivity index (χ1) is 10.9. The van der Waals surface area contributed by atoms with E-state index in [4.69, 9.17) is 5.41 Å². The Bertz CT molecular complexity index is 621. The minimum absolute atomic E-state index is 0.314. The molecule has 3 rings (SSSR count). The average Bonchev–Trinajstić information content (AvgIpc) is 2.62. The van der Waals surface area contributed by atoms with E-state index in [0.29, 0.717) is 6.42 Å². The second-order valence-corrected chi connectivity index (χ2v) is 5.41. The maximum Gasteiger partial charge on any atom is 0.0500 e. The lowest BCUT2D eigenvalue weighted by atomic mass is 9.67. The van der Waals surface area contributed by atoms with Crippen LogP contribution in [0.5, 0.6) is 0 Å². The highest BCUT2D eigenvalue weighted by molar-refractivity contribution is 5.64. The van der Waals surface area contributed by atoms with Crippen molar-refractivity contribution in [3.05, 3.63) is 108 Å². The summed E-state index contributed by atoms with van der Waals surface area (Å²) in [5.74, 6) is 0. The molecule has 22 heavy (non-hydrogen) atoms. The van der Waals surface area contributed by atoms with Crippen molar-refractivity contribution in [3.8, 4) is 0 Å². The third kappa shape index (κ3) is 2.46. The molecule has 0 amide bonds. The summed E-state index contributed by atoms with van der Waals surface area (Å²) in [7, 11) is 0. The number of benzene rings is 3. The molecule has 0 heterocycles. The molecule has 0 aliphatic carbocycles. The number of hydrogen-bond acceptors (Lipinski definition) is 1. The van der Waals surface area contributed by atoms with E-state index >= 15 is 0 Å². The second-order valence-electron chi connectivity index (χ2n) is 5.41. The second kappa shape index (κ2) is 6.40. The molecule has 1 N–H and O–H groups in total. The van der Waals surface area contributed by atoms with E-state index in [1.54, 1.807) is 0 Å². The zero-order valence-electron chi connectivity index (χ0n) is 12.4. The predicted octanol–water partition coefficient (Wildman–Crippen LogP) is 5.06. The lowest BCUT2D eigenvalue weighted by Crippen LogP contribution is -2.29. The van der Waals surface area contributed by atoms with Crippen molar-refractivity contribution >= 4 is 6.21 Å². The maximum absolute atomic E-state index is 7.78. The van der Waals surface area contributed by atoms with Crippen LogP contribution in [-0.4, -0.2) is 6.21 Å². The Morgan fingerprint density at radius 3 is 1.18 bits per heavy atom. The van der Waals surface area contributed by atoms with Crippen LogP contribution in [0.25, 0.3) is 0 Å². The fourth-order valence-electron chi connectivity index (χ4n) is 3.17. The molecular weight excluding hydrogens is 266 g/mol. The van der Waals surface area contributed by atoms with Gasteiger partial charge in [0, 0.05) is 5.41 Å². The molecule has 1 nitrogen and oxygen atoms in total. The van der Waals surface area contributed by atoms with Crippen LogP contribution in [0.3, 0.4) is 0 Å². The maximum atomic E-state index is 7.78. The minimum Gasteiger partial charge on any atom is -0.313 e. The quantitative estimate of drug-likeness (QED) is 0.500. The summed E-state index contributed by atoms with van der Waals surface area (Å²) in [5, 5.41) is 7.78. The van der Waals surface area contributed by atoms with E-state index in [2.05, 4.69) is 72.8 Å². The zero-order valence-corrected chi connectivity index (χ0v) is 12.4. The molecule has 0 fully saturated rings. The molecule has 0 aromatic heterocycles. The van der Waals surface area contributed by atoms with Gasteiger partial charge in [-0.25, -0.2) is 0 Å². The highest BCUT2D eigenvalue weighted by Crippen LogP contribution is 2.41. The van der Waals surface area contributed by atoms with Crippen LogP contribution in [-0.2, 0) is 5.41 Å². The van der Waals surface area contributed by atoms with Crippen molar-refractivity contribution in [2.24, 2.45) is 0 Å². The number of nitrogens with one attached hydrogen (secondary N) is 1. The van der Waals surface area contributed by atoms with Gasteiger partial charge in [0.25, 0.3) is 0 Å². The third-order valence-corrected chi connectivity index (χ3v) is 4.21. The monoisotopic (exact) mass is 285 g/mol. The number of rotatable bonds is 5. The van der Waals surface area contributed by atoms with Gasteiger partial charge in [-0.1, -0.05) is 91.0 Å². The lowest BCUT2D eigenvalue weighted by Gasteiger charge is -2.35. The molecule has 0 bridgehead atoms. The molecule has 0 saturated heterocycles. The van der Waals surface area contributed by atoms with Crippen LogP contribution >= 0.6 is 0 Å². The van der Waals surface area contributed by atoms with E-state index in [0.717, 1.165) is 0 Å². The Morgan fingerprint density at radius 1 is 0.591 bits per heavy atom. The first-order valence-corrected chi connectivity index (χ1v) is 7.53. The van der Waals surface area contributed by atoms with Crippen LogP contribution in [0.15, 0.2) is 91.0 Å². The molecule has 0 atom stereocenters. The number of hydrogen-bond donors (Lipinski definition) is 1. The molecule has 108 valence electrons. The van der Waals surface area contributed by atoms with Gasteiger partial charge in [0.2, 0.25) is 0 Å². The van der Waals surface area contributed by atoms with Crippen molar-refractivity contribution in [2.45, 2.75) is 11.8 Å². The molecule has 0 saturated carbocycles. The van der Waals surface area contributed by atoms with E-state index in [-0.39, 0.29) is 5.41 Å². The van der Waals surface area contributed by atoms with Gasteiger partial charge in [0.1, 0.15) is 0 Å². The van der Waals surface area contributed by atoms with Gasteiger partial charge in [-0.05, 0) is 29.3 Å². The Balaban J connectivity index is 2.31. The molecular formula is C21H19N. The van der Waals surface area contributed by atoms with Crippen molar-refractivity contribution < 1.29 is 0 Å². The Morgan fingerprint density at radius 2 is 0.909 bits per heavy atom. The van der Waals surface area contributed by atoms with Crippen molar-refractivity contribution in [3.63, 3.8) is 0 Å². The van der Waals surface area contributed by atoms with Gasteiger partial charge in [-0.2, -0.15) is 0 Å². The lowest BCUT2D eigenvalue weighted by molar-refractivity contribution is 0.650. The molecule has 0 radical (unpaired) electrons. The normalized spacial score (nSPS) is 11.1. The van der Waals surface area contributed by atoms with Gasteiger partial charge >= 0.3 is 0 Å². The van der Waals surface area contributed by atoms with Crippen LogP contribution in [0.4, 0.5) is 0 Å². The van der Waals surface area contributed by atoms with Crippen molar-refractivity contribution in [2.75, 3.05) is 0 Å². The van der Waals surface area contributed by atoms with E-state index in [9.17, 15) is 0 Å². The smallest absolute Gasteiger partial charge is 0.0500 e. The average molecular weight is 285 g/mol. The summed E-state index contributed by atoms with van der Waals surface area (Å²) in [5.41, 5.74) is 3.34. The van der Waals surface area contributed by atoms with E-state index in [1.165, 1.54) is 22.9 Å². The van der Waals surface area contributed by atoms with Gasteiger partial charge in [0.15, 0.2) is 0 Å².